The van der Waals surface area contributed by atoms with Crippen molar-refractivity contribution in [3.8, 4) is 17.2 Å². The van der Waals surface area contributed by atoms with Crippen molar-refractivity contribution in [2.45, 2.75) is 32.9 Å². The second-order valence-electron chi connectivity index (χ2n) is 5.76. The molecule has 5 nitrogen and oxygen atoms in total. The van der Waals surface area contributed by atoms with E-state index in [1.54, 1.807) is 19.2 Å². The number of nitrogens with two attached hydrogens (primary N) is 1. The number of rotatable bonds is 5. The molecule has 0 aliphatic carbocycles. The highest BCUT2D eigenvalue weighted by atomic mass is 16.5. The molecular weight excluding hydrogens is 258 g/mol. The Morgan fingerprint density at radius 3 is 1.95 bits per heavy atom. The quantitative estimate of drug-likeness (QED) is 0.866. The Hall–Kier alpha value is -1.46. The Labute approximate surface area is 120 Å². The molecule has 1 rings (SSSR count). The number of aliphatic hydroxyl groups is 1. The van der Waals surface area contributed by atoms with Crippen LogP contribution in [0.3, 0.4) is 0 Å². The summed E-state index contributed by atoms with van der Waals surface area (Å²) in [6.07, 6.45) is -0.713. The van der Waals surface area contributed by atoms with Crippen LogP contribution in [0.5, 0.6) is 17.2 Å². The van der Waals surface area contributed by atoms with Crippen LogP contribution in [0.15, 0.2) is 12.1 Å². The zero-order chi connectivity index (χ0) is 15.5. The molecule has 2 atom stereocenters. The molecule has 0 aliphatic rings. The van der Waals surface area contributed by atoms with Crippen molar-refractivity contribution in [1.29, 1.82) is 0 Å². The number of aliphatic hydroxyl groups excluding tert-OH is 1. The normalized spacial score (nSPS) is 14.6. The van der Waals surface area contributed by atoms with Crippen molar-refractivity contribution in [3.05, 3.63) is 17.7 Å². The van der Waals surface area contributed by atoms with Gasteiger partial charge in [0.15, 0.2) is 11.5 Å². The van der Waals surface area contributed by atoms with E-state index in [1.165, 1.54) is 14.2 Å². The van der Waals surface area contributed by atoms with Crippen molar-refractivity contribution in [1.82, 2.24) is 0 Å². The van der Waals surface area contributed by atoms with E-state index >= 15 is 0 Å². The summed E-state index contributed by atoms with van der Waals surface area (Å²) in [5.41, 5.74) is 6.54. The molecule has 3 N–H and O–H groups in total. The van der Waals surface area contributed by atoms with Crippen LogP contribution in [0.4, 0.5) is 0 Å². The fourth-order valence-corrected chi connectivity index (χ4v) is 2.10. The van der Waals surface area contributed by atoms with E-state index in [0.29, 0.717) is 22.8 Å². The Morgan fingerprint density at radius 1 is 1.00 bits per heavy atom. The van der Waals surface area contributed by atoms with Crippen LogP contribution >= 0.6 is 0 Å². The third-order valence-electron chi connectivity index (χ3n) is 3.32. The van der Waals surface area contributed by atoms with Crippen LogP contribution < -0.4 is 19.9 Å². The molecule has 0 aliphatic heterocycles. The Morgan fingerprint density at radius 2 is 1.55 bits per heavy atom. The number of hydrogen-bond acceptors (Lipinski definition) is 5. The van der Waals surface area contributed by atoms with Crippen LogP contribution in [0.25, 0.3) is 0 Å². The standard InChI is InChI=1S/C15H25NO4/c1-15(2,3)14(17)11(16)9-7-8-10(18-4)13(20-6)12(9)19-5/h7-8,11,14,17H,16H2,1-6H3/t11-,14-/m1/s1. The number of benzene rings is 1. The van der Waals surface area contributed by atoms with E-state index < -0.39 is 12.1 Å². The van der Waals surface area contributed by atoms with Gasteiger partial charge in [0.05, 0.1) is 33.5 Å². The number of hydrogen-bond donors (Lipinski definition) is 2. The van der Waals surface area contributed by atoms with Gasteiger partial charge in [-0.25, -0.2) is 0 Å². The Kier molecular flexibility index (Phi) is 5.25. The maximum atomic E-state index is 10.4. The zero-order valence-electron chi connectivity index (χ0n) is 13.1. The number of ether oxygens (including phenoxy) is 3. The van der Waals surface area contributed by atoms with Crippen molar-refractivity contribution < 1.29 is 19.3 Å². The molecule has 0 unspecified atom stereocenters. The minimum Gasteiger partial charge on any atom is -0.493 e. The van der Waals surface area contributed by atoms with Crippen LogP contribution in [0.1, 0.15) is 32.4 Å². The van der Waals surface area contributed by atoms with Gasteiger partial charge in [0.2, 0.25) is 5.75 Å². The smallest absolute Gasteiger partial charge is 0.203 e. The molecule has 1 aromatic rings. The first-order valence-electron chi connectivity index (χ1n) is 6.50. The lowest BCUT2D eigenvalue weighted by atomic mass is 9.82. The molecule has 0 saturated carbocycles. The lowest BCUT2D eigenvalue weighted by Gasteiger charge is -2.32. The van der Waals surface area contributed by atoms with E-state index in [-0.39, 0.29) is 5.41 Å². The van der Waals surface area contributed by atoms with Gasteiger partial charge in [0.1, 0.15) is 0 Å². The second-order valence-corrected chi connectivity index (χ2v) is 5.76. The van der Waals surface area contributed by atoms with Crippen LogP contribution in [-0.4, -0.2) is 32.5 Å². The Bertz CT molecular complexity index is 454. The molecule has 20 heavy (non-hydrogen) atoms. The highest BCUT2D eigenvalue weighted by Crippen LogP contribution is 2.43. The Balaban J connectivity index is 3.31. The SMILES string of the molecule is COc1ccc([C@@H](N)[C@@H](O)C(C)(C)C)c(OC)c1OC. The molecule has 0 saturated heterocycles. The van der Waals surface area contributed by atoms with E-state index in [1.807, 2.05) is 20.8 Å². The van der Waals surface area contributed by atoms with E-state index in [9.17, 15) is 5.11 Å². The third kappa shape index (κ3) is 3.16. The topological polar surface area (TPSA) is 73.9 Å². The monoisotopic (exact) mass is 283 g/mol. The van der Waals surface area contributed by atoms with Gasteiger partial charge in [-0.3, -0.25) is 0 Å². The van der Waals surface area contributed by atoms with Gasteiger partial charge >= 0.3 is 0 Å². The van der Waals surface area contributed by atoms with Gasteiger partial charge in [-0.2, -0.15) is 0 Å². The van der Waals surface area contributed by atoms with Gasteiger partial charge < -0.3 is 25.1 Å². The van der Waals surface area contributed by atoms with Crippen LogP contribution in [0.2, 0.25) is 0 Å². The predicted molar refractivity (Wildman–Crippen MR) is 78.5 cm³/mol. The van der Waals surface area contributed by atoms with Gasteiger partial charge in [-0.1, -0.05) is 20.8 Å². The predicted octanol–water partition coefficient (Wildman–Crippen LogP) is 2.12. The molecular formula is C15H25NO4. The summed E-state index contributed by atoms with van der Waals surface area (Å²) in [6.45, 7) is 5.81. The molecule has 114 valence electrons. The minimum atomic E-state index is -0.713. The van der Waals surface area contributed by atoms with Gasteiger partial charge in [0, 0.05) is 5.56 Å². The molecule has 5 heteroatoms. The molecule has 0 bridgehead atoms. The molecule has 0 heterocycles. The average molecular weight is 283 g/mol. The van der Waals surface area contributed by atoms with E-state index in [0.717, 1.165) is 0 Å². The van der Waals surface area contributed by atoms with Gasteiger partial charge in [-0.05, 0) is 17.5 Å². The lowest BCUT2D eigenvalue weighted by molar-refractivity contribution is 0.0393. The largest absolute Gasteiger partial charge is 0.493 e. The van der Waals surface area contributed by atoms with Crippen molar-refractivity contribution >= 4 is 0 Å². The summed E-state index contributed by atoms with van der Waals surface area (Å²) < 4.78 is 16.0. The second kappa shape index (κ2) is 6.33. The van der Waals surface area contributed by atoms with Gasteiger partial charge in [0.25, 0.3) is 0 Å². The first-order valence-corrected chi connectivity index (χ1v) is 6.50. The van der Waals surface area contributed by atoms with E-state index in [4.69, 9.17) is 19.9 Å². The first kappa shape index (κ1) is 16.6. The fraction of sp³-hybridized carbons (Fsp3) is 0.600. The van der Waals surface area contributed by atoms with E-state index in [2.05, 4.69) is 0 Å². The highest BCUT2D eigenvalue weighted by molar-refractivity contribution is 5.56. The first-order chi connectivity index (χ1) is 9.27. The zero-order valence-corrected chi connectivity index (χ0v) is 13.1. The summed E-state index contributed by atoms with van der Waals surface area (Å²) in [5.74, 6) is 1.53. The molecule has 0 radical (unpaired) electrons. The van der Waals surface area contributed by atoms with Crippen molar-refractivity contribution in [2.75, 3.05) is 21.3 Å². The maximum absolute atomic E-state index is 10.4. The third-order valence-corrected chi connectivity index (χ3v) is 3.32. The molecule has 0 spiro atoms. The summed E-state index contributed by atoms with van der Waals surface area (Å²) in [4.78, 5) is 0. The average Bonchev–Trinajstić information content (AvgIpc) is 2.42. The minimum absolute atomic E-state index is 0.336. The summed E-state index contributed by atoms with van der Waals surface area (Å²) in [6, 6.07) is 2.97. The fourth-order valence-electron chi connectivity index (χ4n) is 2.10. The van der Waals surface area contributed by atoms with Crippen LogP contribution in [0, 0.1) is 5.41 Å². The van der Waals surface area contributed by atoms with Crippen LogP contribution in [-0.2, 0) is 0 Å². The number of methoxy groups -OCH3 is 3. The van der Waals surface area contributed by atoms with Crippen molar-refractivity contribution in [3.63, 3.8) is 0 Å². The summed E-state index contributed by atoms with van der Waals surface area (Å²) in [5, 5.41) is 10.4. The summed E-state index contributed by atoms with van der Waals surface area (Å²) >= 11 is 0. The highest BCUT2D eigenvalue weighted by Gasteiger charge is 2.32. The molecule has 1 aromatic carbocycles. The van der Waals surface area contributed by atoms with Gasteiger partial charge in [-0.15, -0.1) is 0 Å². The molecule has 0 fully saturated rings. The molecule has 0 aromatic heterocycles. The van der Waals surface area contributed by atoms with Crippen molar-refractivity contribution in [2.24, 2.45) is 11.1 Å². The summed E-state index contributed by atoms with van der Waals surface area (Å²) in [7, 11) is 4.63. The lowest BCUT2D eigenvalue weighted by Crippen LogP contribution is -2.37. The molecule has 0 amide bonds. The maximum Gasteiger partial charge on any atom is 0.203 e.